The zero-order chi connectivity index (χ0) is 11.4. The minimum absolute atomic E-state index is 0.564. The van der Waals surface area contributed by atoms with E-state index in [0.29, 0.717) is 5.69 Å². The molecule has 2 rings (SSSR count). The fraction of sp³-hybridized carbons (Fsp3) is 0.0769. The Morgan fingerprint density at radius 3 is 2.25 bits per heavy atom. The van der Waals surface area contributed by atoms with Crippen LogP contribution in [0.3, 0.4) is 0 Å². The molecule has 0 N–H and O–H groups in total. The molecule has 0 saturated heterocycles. The molecular weight excluding hydrogens is 198 g/mol. The molecule has 2 aromatic rings. The Morgan fingerprint density at radius 1 is 0.938 bits per heavy atom. The van der Waals surface area contributed by atoms with Gasteiger partial charge in [0.05, 0.1) is 0 Å². The second-order valence-corrected chi connectivity index (χ2v) is 3.48. The van der Waals surface area contributed by atoms with E-state index in [1.54, 1.807) is 6.07 Å². The fourth-order valence-electron chi connectivity index (χ4n) is 1.62. The quantitative estimate of drug-likeness (QED) is 0.703. The molecule has 0 radical (unpaired) electrons. The average Bonchev–Trinajstić information content (AvgIpc) is 2.39. The van der Waals surface area contributed by atoms with Gasteiger partial charge in [0.25, 0.3) is 0 Å². The van der Waals surface area contributed by atoms with Crippen LogP contribution in [0.5, 0.6) is 0 Å². The van der Waals surface area contributed by atoms with Crippen LogP contribution < -0.4 is 4.90 Å². The lowest BCUT2D eigenvalue weighted by atomic mass is 10.2. The van der Waals surface area contributed by atoms with Gasteiger partial charge in [0.2, 0.25) is 5.39 Å². The van der Waals surface area contributed by atoms with Crippen LogP contribution in [0.2, 0.25) is 0 Å². The number of nitrogens with zero attached hydrogens (tertiary/aromatic N) is 3. The number of benzene rings is 2. The van der Waals surface area contributed by atoms with Crippen LogP contribution in [0.15, 0.2) is 54.6 Å². The first-order chi connectivity index (χ1) is 7.83. The SMILES string of the molecule is CN(c1ccccc1)c1ccccc1[N+]#N. The summed E-state index contributed by atoms with van der Waals surface area (Å²) in [6, 6.07) is 17.4. The van der Waals surface area contributed by atoms with E-state index in [1.807, 2.05) is 60.5 Å². The Hall–Kier alpha value is -2.34. The van der Waals surface area contributed by atoms with Gasteiger partial charge >= 0.3 is 5.69 Å². The Bertz CT molecular complexity index is 514. The van der Waals surface area contributed by atoms with Crippen molar-refractivity contribution in [1.82, 2.24) is 0 Å². The molecule has 2 aromatic carbocycles. The predicted octanol–water partition coefficient (Wildman–Crippen LogP) is 3.94. The summed E-state index contributed by atoms with van der Waals surface area (Å²) in [4.78, 5) is 5.26. The molecule has 0 aliphatic carbocycles. The van der Waals surface area contributed by atoms with Crippen molar-refractivity contribution in [3.63, 3.8) is 0 Å². The molecule has 0 aliphatic heterocycles. The maximum atomic E-state index is 8.91. The van der Waals surface area contributed by atoms with E-state index in [-0.39, 0.29) is 0 Å². The third-order valence-corrected chi connectivity index (χ3v) is 2.49. The molecule has 0 unspecified atom stereocenters. The third kappa shape index (κ3) is 1.86. The zero-order valence-electron chi connectivity index (χ0n) is 9.04. The molecule has 0 bridgehead atoms. The standard InChI is InChI=1S/C13H12N3/c1-16(11-7-3-2-4-8-11)13-10-6-5-9-12(13)15-14/h2-10H,1H3/q+1. The van der Waals surface area contributed by atoms with Crippen molar-refractivity contribution < 1.29 is 0 Å². The van der Waals surface area contributed by atoms with Gasteiger partial charge in [-0.2, -0.15) is 0 Å². The molecule has 0 aliphatic rings. The molecule has 3 nitrogen and oxygen atoms in total. The van der Waals surface area contributed by atoms with E-state index in [2.05, 4.69) is 4.98 Å². The Morgan fingerprint density at radius 2 is 1.56 bits per heavy atom. The summed E-state index contributed by atoms with van der Waals surface area (Å²) in [6.07, 6.45) is 0. The van der Waals surface area contributed by atoms with Crippen molar-refractivity contribution in [2.24, 2.45) is 0 Å². The van der Waals surface area contributed by atoms with Gasteiger partial charge in [0, 0.05) is 18.8 Å². The number of hydrogen-bond acceptors (Lipinski definition) is 2. The highest BCUT2D eigenvalue weighted by Crippen LogP contribution is 2.32. The second kappa shape index (κ2) is 4.45. The van der Waals surface area contributed by atoms with Crippen LogP contribution in [0, 0.1) is 5.39 Å². The van der Waals surface area contributed by atoms with Gasteiger partial charge in [-0.1, -0.05) is 30.3 Å². The monoisotopic (exact) mass is 210 g/mol. The smallest absolute Gasteiger partial charge is 0.338 e. The molecule has 16 heavy (non-hydrogen) atoms. The van der Waals surface area contributed by atoms with E-state index in [4.69, 9.17) is 5.39 Å². The van der Waals surface area contributed by atoms with E-state index < -0.39 is 0 Å². The summed E-state index contributed by atoms with van der Waals surface area (Å²) in [5, 5.41) is 8.91. The highest BCUT2D eigenvalue weighted by atomic mass is 15.1. The van der Waals surface area contributed by atoms with Crippen molar-refractivity contribution >= 4 is 17.1 Å². The van der Waals surface area contributed by atoms with Gasteiger partial charge in [-0.05, 0) is 18.2 Å². The summed E-state index contributed by atoms with van der Waals surface area (Å²) in [7, 11) is 1.94. The predicted molar refractivity (Wildman–Crippen MR) is 65.7 cm³/mol. The fourth-order valence-corrected chi connectivity index (χ4v) is 1.62. The van der Waals surface area contributed by atoms with E-state index >= 15 is 0 Å². The van der Waals surface area contributed by atoms with Gasteiger partial charge in [0.1, 0.15) is 5.69 Å². The number of hydrogen-bond donors (Lipinski definition) is 0. The lowest BCUT2D eigenvalue weighted by Crippen LogP contribution is -2.08. The maximum absolute atomic E-state index is 8.91. The minimum Gasteiger partial charge on any atom is -0.338 e. The molecule has 78 valence electrons. The number of anilines is 2. The van der Waals surface area contributed by atoms with Crippen LogP contribution >= 0.6 is 0 Å². The van der Waals surface area contributed by atoms with Crippen LogP contribution in [0.4, 0.5) is 17.1 Å². The molecule has 0 saturated carbocycles. The molecule has 0 fully saturated rings. The largest absolute Gasteiger partial charge is 0.408 e. The molecule has 0 amide bonds. The van der Waals surface area contributed by atoms with Gasteiger partial charge in [-0.3, -0.25) is 0 Å². The highest BCUT2D eigenvalue weighted by molar-refractivity contribution is 5.76. The molecule has 3 heteroatoms. The summed E-state index contributed by atoms with van der Waals surface area (Å²) in [6.45, 7) is 0. The first kappa shape index (κ1) is 10.2. The number of rotatable bonds is 2. The van der Waals surface area contributed by atoms with Gasteiger partial charge in [-0.25, -0.2) is 0 Å². The van der Waals surface area contributed by atoms with E-state index in [9.17, 15) is 0 Å². The first-order valence-corrected chi connectivity index (χ1v) is 5.06. The molecule has 0 spiro atoms. The first-order valence-electron chi connectivity index (χ1n) is 5.06. The lowest BCUT2D eigenvalue weighted by Gasteiger charge is -2.16. The highest BCUT2D eigenvalue weighted by Gasteiger charge is 2.16. The summed E-state index contributed by atoms with van der Waals surface area (Å²) >= 11 is 0. The van der Waals surface area contributed by atoms with Crippen molar-refractivity contribution in [1.29, 1.82) is 5.39 Å². The Kier molecular flexibility index (Phi) is 2.84. The topological polar surface area (TPSA) is 31.4 Å². The van der Waals surface area contributed by atoms with Crippen LogP contribution in [0.25, 0.3) is 4.98 Å². The zero-order valence-corrected chi connectivity index (χ0v) is 9.04. The molecule has 0 aromatic heterocycles. The average molecular weight is 210 g/mol. The van der Waals surface area contributed by atoms with E-state index in [1.165, 1.54) is 0 Å². The Labute approximate surface area is 94.6 Å². The molecule has 0 heterocycles. The van der Waals surface area contributed by atoms with Gasteiger partial charge < -0.3 is 4.90 Å². The van der Waals surface area contributed by atoms with Gasteiger partial charge in [-0.15, -0.1) is 0 Å². The van der Waals surface area contributed by atoms with Gasteiger partial charge in [0.15, 0.2) is 4.98 Å². The minimum atomic E-state index is 0.564. The second-order valence-electron chi connectivity index (χ2n) is 3.48. The summed E-state index contributed by atoms with van der Waals surface area (Å²) in [5.41, 5.74) is 2.49. The van der Waals surface area contributed by atoms with E-state index in [0.717, 1.165) is 11.4 Å². The number of para-hydroxylation sites is 2. The lowest BCUT2D eigenvalue weighted by molar-refractivity contribution is 1.21. The van der Waals surface area contributed by atoms with Crippen molar-refractivity contribution in [2.45, 2.75) is 0 Å². The summed E-state index contributed by atoms with van der Waals surface area (Å²) in [5.74, 6) is 0. The van der Waals surface area contributed by atoms with Crippen molar-refractivity contribution in [2.75, 3.05) is 11.9 Å². The third-order valence-electron chi connectivity index (χ3n) is 2.49. The Balaban J connectivity index is 2.42. The van der Waals surface area contributed by atoms with Crippen LogP contribution in [0.1, 0.15) is 0 Å². The van der Waals surface area contributed by atoms with Crippen molar-refractivity contribution in [3.8, 4) is 0 Å². The van der Waals surface area contributed by atoms with Crippen LogP contribution in [-0.4, -0.2) is 7.05 Å². The number of diazo groups is 1. The van der Waals surface area contributed by atoms with Crippen LogP contribution in [-0.2, 0) is 0 Å². The summed E-state index contributed by atoms with van der Waals surface area (Å²) < 4.78 is 0. The molecular formula is C13H12N3+. The molecule has 0 atom stereocenters. The normalized spacial score (nSPS) is 9.50. The maximum Gasteiger partial charge on any atom is 0.408 e. The van der Waals surface area contributed by atoms with Crippen molar-refractivity contribution in [3.05, 3.63) is 59.6 Å².